The molecular formula is C20H21N5O3S2. The highest BCUT2D eigenvalue weighted by Crippen LogP contribution is 2.36. The molecule has 156 valence electrons. The van der Waals surface area contributed by atoms with E-state index in [1.807, 2.05) is 16.8 Å². The summed E-state index contributed by atoms with van der Waals surface area (Å²) < 4.78 is 32.5. The van der Waals surface area contributed by atoms with Crippen LogP contribution in [0.1, 0.15) is 22.4 Å². The number of aromatic amines is 1. The van der Waals surface area contributed by atoms with E-state index in [1.54, 1.807) is 24.7 Å². The smallest absolute Gasteiger partial charge is 0.211 e. The third kappa shape index (κ3) is 4.48. The Labute approximate surface area is 179 Å². The van der Waals surface area contributed by atoms with Crippen molar-refractivity contribution in [3.05, 3.63) is 63.9 Å². The summed E-state index contributed by atoms with van der Waals surface area (Å²) >= 11 is 1.53. The summed E-state index contributed by atoms with van der Waals surface area (Å²) in [6, 6.07) is 7.27. The Bertz CT molecular complexity index is 1150. The van der Waals surface area contributed by atoms with Gasteiger partial charge in [0.1, 0.15) is 12.4 Å². The van der Waals surface area contributed by atoms with Crippen LogP contribution in [-0.2, 0) is 29.5 Å². The van der Waals surface area contributed by atoms with Gasteiger partial charge in [0.05, 0.1) is 48.2 Å². The second kappa shape index (κ2) is 8.47. The number of fused-ring (bicyclic) bond motifs is 1. The van der Waals surface area contributed by atoms with Crippen molar-refractivity contribution >= 4 is 27.0 Å². The molecule has 1 aliphatic rings. The van der Waals surface area contributed by atoms with E-state index in [1.165, 1.54) is 21.9 Å². The van der Waals surface area contributed by atoms with Crippen LogP contribution < -0.4 is 10.1 Å². The van der Waals surface area contributed by atoms with Gasteiger partial charge in [0.25, 0.3) is 0 Å². The molecule has 8 nitrogen and oxygen atoms in total. The number of aromatic nitrogens is 2. The molecule has 0 saturated heterocycles. The van der Waals surface area contributed by atoms with Crippen molar-refractivity contribution < 1.29 is 13.2 Å². The molecule has 0 spiro atoms. The topological polar surface area (TPSA) is 111 Å². The second-order valence-electron chi connectivity index (χ2n) is 7.16. The molecule has 2 aromatic heterocycles. The molecule has 3 heterocycles. The van der Waals surface area contributed by atoms with Crippen molar-refractivity contribution in [2.45, 2.75) is 25.6 Å². The minimum atomic E-state index is -3.44. The Morgan fingerprint density at radius 1 is 1.47 bits per heavy atom. The lowest BCUT2D eigenvalue weighted by Gasteiger charge is -2.34. The maximum absolute atomic E-state index is 12.5. The van der Waals surface area contributed by atoms with Gasteiger partial charge in [0, 0.05) is 12.7 Å². The number of thiophene rings is 1. The molecule has 1 atom stereocenters. The Kier molecular flexibility index (Phi) is 5.76. The lowest BCUT2D eigenvalue weighted by atomic mass is 9.99. The van der Waals surface area contributed by atoms with Gasteiger partial charge in [-0.2, -0.15) is 20.9 Å². The van der Waals surface area contributed by atoms with Crippen LogP contribution >= 0.6 is 11.3 Å². The molecule has 0 aliphatic carbocycles. The second-order valence-corrected chi connectivity index (χ2v) is 9.88. The fourth-order valence-electron chi connectivity index (χ4n) is 3.54. The van der Waals surface area contributed by atoms with Gasteiger partial charge in [0.15, 0.2) is 0 Å². The molecule has 4 rings (SSSR count). The molecule has 0 fully saturated rings. The maximum Gasteiger partial charge on any atom is 0.211 e. The largest absolute Gasteiger partial charge is 0.489 e. The predicted molar refractivity (Wildman–Crippen MR) is 115 cm³/mol. The molecule has 30 heavy (non-hydrogen) atoms. The number of nitrogens with zero attached hydrogens (tertiary/aromatic N) is 3. The summed E-state index contributed by atoms with van der Waals surface area (Å²) in [5, 5.41) is 16.6. The van der Waals surface area contributed by atoms with Crippen LogP contribution in [0.3, 0.4) is 0 Å². The highest BCUT2D eigenvalue weighted by molar-refractivity contribution is 7.88. The lowest BCUT2D eigenvalue weighted by molar-refractivity contribution is 0.180. The van der Waals surface area contributed by atoms with E-state index in [9.17, 15) is 13.7 Å². The number of ether oxygens (including phenoxy) is 1. The molecule has 10 heteroatoms. The number of H-pyrrole nitrogens is 1. The Hall–Kier alpha value is -2.87. The van der Waals surface area contributed by atoms with Gasteiger partial charge < -0.3 is 15.0 Å². The quantitative estimate of drug-likeness (QED) is 0.581. The number of hydrogen-bond acceptors (Lipinski definition) is 7. The van der Waals surface area contributed by atoms with Crippen LogP contribution in [0.5, 0.6) is 5.75 Å². The van der Waals surface area contributed by atoms with E-state index in [2.05, 4.69) is 21.4 Å². The summed E-state index contributed by atoms with van der Waals surface area (Å²) in [6.07, 6.45) is 5.02. The monoisotopic (exact) mass is 443 g/mol. The summed E-state index contributed by atoms with van der Waals surface area (Å²) in [5.74, 6) is 0.661. The SMILES string of the molecule is CS(=O)(=O)N(Cc1ccsc1)C1COc2c(cc(C#N)cc2NCc2cnc[nH]2)C1. The molecular weight excluding hydrogens is 422 g/mol. The molecule has 2 N–H and O–H groups in total. The average molecular weight is 444 g/mol. The first-order chi connectivity index (χ1) is 14.4. The number of anilines is 1. The number of nitriles is 1. The van der Waals surface area contributed by atoms with Gasteiger partial charge in [-0.15, -0.1) is 0 Å². The molecule has 3 aromatic rings. The van der Waals surface area contributed by atoms with Crippen molar-refractivity contribution in [1.82, 2.24) is 14.3 Å². The van der Waals surface area contributed by atoms with Crippen molar-refractivity contribution in [3.63, 3.8) is 0 Å². The first-order valence-electron chi connectivity index (χ1n) is 9.33. The first kappa shape index (κ1) is 20.4. The highest BCUT2D eigenvalue weighted by Gasteiger charge is 2.32. The standard InChI is InChI=1S/C20H21N5O3S2/c1-30(26,27)25(10-14-2-3-29-12-14)18-6-16-4-15(7-21)5-19(20(16)28-11-18)23-9-17-8-22-13-24-17/h2-5,8,12-13,18,23H,6,9-11H2,1H3,(H,22,24). The molecule has 1 aromatic carbocycles. The molecule has 0 radical (unpaired) electrons. The summed E-state index contributed by atoms with van der Waals surface area (Å²) in [5.41, 5.74) is 3.87. The van der Waals surface area contributed by atoms with Gasteiger partial charge in [-0.05, 0) is 46.5 Å². The van der Waals surface area contributed by atoms with Crippen molar-refractivity contribution in [2.75, 3.05) is 18.2 Å². The van der Waals surface area contributed by atoms with Gasteiger partial charge >= 0.3 is 0 Å². The molecule has 1 unspecified atom stereocenters. The van der Waals surface area contributed by atoms with Crippen LogP contribution in [-0.4, -0.2) is 41.6 Å². The van der Waals surface area contributed by atoms with Gasteiger partial charge in [-0.25, -0.2) is 13.4 Å². The summed E-state index contributed by atoms with van der Waals surface area (Å²) in [7, 11) is -3.44. The van der Waals surface area contributed by atoms with Crippen molar-refractivity contribution in [3.8, 4) is 11.8 Å². The van der Waals surface area contributed by atoms with E-state index >= 15 is 0 Å². The van der Waals surface area contributed by atoms with Crippen molar-refractivity contribution in [2.24, 2.45) is 0 Å². The molecule has 0 saturated carbocycles. The summed E-state index contributed by atoms with van der Waals surface area (Å²) in [6.45, 7) is 1.05. The van der Waals surface area contributed by atoms with Crippen LogP contribution in [0.2, 0.25) is 0 Å². The minimum absolute atomic E-state index is 0.245. The fraction of sp³-hybridized carbons (Fsp3) is 0.300. The molecule has 0 bridgehead atoms. The zero-order valence-electron chi connectivity index (χ0n) is 16.3. The average Bonchev–Trinajstić information content (AvgIpc) is 3.42. The zero-order chi connectivity index (χ0) is 21.1. The van der Waals surface area contributed by atoms with E-state index in [4.69, 9.17) is 4.74 Å². The van der Waals surface area contributed by atoms with E-state index in [-0.39, 0.29) is 12.6 Å². The van der Waals surface area contributed by atoms with Gasteiger partial charge in [-0.1, -0.05) is 0 Å². The number of rotatable bonds is 7. The van der Waals surface area contributed by atoms with Gasteiger partial charge in [-0.3, -0.25) is 0 Å². The Morgan fingerprint density at radius 2 is 2.33 bits per heavy atom. The molecule has 1 aliphatic heterocycles. The van der Waals surface area contributed by atoms with Crippen LogP contribution in [0.15, 0.2) is 41.5 Å². The fourth-order valence-corrected chi connectivity index (χ4v) is 5.26. The Morgan fingerprint density at radius 3 is 3.00 bits per heavy atom. The highest BCUT2D eigenvalue weighted by atomic mass is 32.2. The zero-order valence-corrected chi connectivity index (χ0v) is 18.0. The normalized spacial score (nSPS) is 16.0. The van der Waals surface area contributed by atoms with Gasteiger partial charge in [0.2, 0.25) is 10.0 Å². The Balaban J connectivity index is 1.60. The summed E-state index contributed by atoms with van der Waals surface area (Å²) in [4.78, 5) is 7.02. The van der Waals surface area contributed by atoms with Crippen LogP contribution in [0.25, 0.3) is 0 Å². The third-order valence-electron chi connectivity index (χ3n) is 4.95. The number of sulfonamides is 1. The van der Waals surface area contributed by atoms with Crippen molar-refractivity contribution in [1.29, 1.82) is 5.26 Å². The van der Waals surface area contributed by atoms with E-state index in [0.717, 1.165) is 16.8 Å². The first-order valence-corrected chi connectivity index (χ1v) is 12.1. The van der Waals surface area contributed by atoms with E-state index < -0.39 is 10.0 Å². The van der Waals surface area contributed by atoms with Crippen LogP contribution in [0.4, 0.5) is 5.69 Å². The number of nitrogens with one attached hydrogen (secondary N) is 2. The minimum Gasteiger partial charge on any atom is -0.489 e. The maximum atomic E-state index is 12.5. The van der Waals surface area contributed by atoms with E-state index in [0.29, 0.717) is 36.5 Å². The number of hydrogen-bond donors (Lipinski definition) is 2. The lowest BCUT2D eigenvalue weighted by Crippen LogP contribution is -2.45. The third-order valence-corrected chi connectivity index (χ3v) is 6.96. The number of benzene rings is 1. The van der Waals surface area contributed by atoms with Crippen LogP contribution in [0, 0.1) is 11.3 Å². The predicted octanol–water partition coefficient (Wildman–Crippen LogP) is 2.72. The number of imidazole rings is 1. The molecule has 0 amide bonds.